The van der Waals surface area contributed by atoms with Gasteiger partial charge in [0, 0.05) is 0 Å². The molecule has 2 aromatic carbocycles. The number of esters is 1. The SMILES string of the molecule is CCCCCCCCCCCCCCCCOc1ccc(-c2ccc(OC(=O)C(F)C(C)CC)cc2)cc1. The van der Waals surface area contributed by atoms with Crippen molar-refractivity contribution in [1.29, 1.82) is 0 Å². The second kappa shape index (κ2) is 19.7. The Morgan fingerprint density at radius 2 is 1.08 bits per heavy atom. The Bertz CT molecular complexity index is 862. The standard InChI is InChI=1S/C34H51FO3/c1-4-6-7-8-9-10-11-12-13-14-15-16-17-18-27-37-31-23-19-29(20-24-31)30-21-25-32(26-22-30)38-34(36)33(35)28(3)5-2/h19-26,28,33H,4-18,27H2,1-3H3. The number of hydrogen-bond donors (Lipinski definition) is 0. The van der Waals surface area contributed by atoms with Crippen molar-refractivity contribution in [1.82, 2.24) is 0 Å². The van der Waals surface area contributed by atoms with E-state index >= 15 is 0 Å². The van der Waals surface area contributed by atoms with E-state index in [1.807, 2.05) is 43.3 Å². The van der Waals surface area contributed by atoms with Crippen molar-refractivity contribution in [3.8, 4) is 22.6 Å². The molecular formula is C34H51FO3. The molecule has 0 aliphatic rings. The monoisotopic (exact) mass is 526 g/mol. The predicted octanol–water partition coefficient (Wildman–Crippen LogP) is 10.5. The molecule has 2 aromatic rings. The van der Waals surface area contributed by atoms with E-state index < -0.39 is 12.1 Å². The smallest absolute Gasteiger partial charge is 0.346 e. The normalized spacial score (nSPS) is 12.7. The number of carbonyl (C=O) groups excluding carboxylic acids is 1. The first-order valence-corrected chi connectivity index (χ1v) is 15.2. The summed E-state index contributed by atoms with van der Waals surface area (Å²) >= 11 is 0. The van der Waals surface area contributed by atoms with Gasteiger partial charge < -0.3 is 9.47 Å². The highest BCUT2D eigenvalue weighted by Gasteiger charge is 2.25. The first kappa shape index (κ1) is 31.9. The molecule has 3 nitrogen and oxygen atoms in total. The van der Waals surface area contributed by atoms with E-state index in [0.29, 0.717) is 12.2 Å². The topological polar surface area (TPSA) is 35.5 Å². The van der Waals surface area contributed by atoms with Crippen molar-refractivity contribution in [3.05, 3.63) is 48.5 Å². The van der Waals surface area contributed by atoms with Crippen molar-refractivity contribution >= 4 is 5.97 Å². The summed E-state index contributed by atoms with van der Waals surface area (Å²) in [5.41, 5.74) is 2.05. The van der Waals surface area contributed by atoms with Crippen molar-refractivity contribution in [3.63, 3.8) is 0 Å². The molecule has 0 saturated carbocycles. The number of carbonyl (C=O) groups is 1. The average molecular weight is 527 g/mol. The summed E-state index contributed by atoms with van der Waals surface area (Å²) in [5.74, 6) is 0.0649. The van der Waals surface area contributed by atoms with Crippen LogP contribution in [-0.4, -0.2) is 18.7 Å². The van der Waals surface area contributed by atoms with Crippen LogP contribution in [0.1, 0.15) is 117 Å². The third-order valence-corrected chi connectivity index (χ3v) is 7.40. The lowest BCUT2D eigenvalue weighted by molar-refractivity contribution is -0.141. The van der Waals surface area contributed by atoms with Gasteiger partial charge in [-0.25, -0.2) is 9.18 Å². The van der Waals surface area contributed by atoms with Gasteiger partial charge in [0.05, 0.1) is 6.61 Å². The molecular weight excluding hydrogens is 475 g/mol. The van der Waals surface area contributed by atoms with E-state index in [1.54, 1.807) is 19.1 Å². The first-order chi connectivity index (χ1) is 18.5. The zero-order valence-electron chi connectivity index (χ0n) is 24.2. The molecule has 0 spiro atoms. The maximum atomic E-state index is 14.0. The van der Waals surface area contributed by atoms with Gasteiger partial charge in [0.25, 0.3) is 0 Å². The average Bonchev–Trinajstić information content (AvgIpc) is 2.95. The molecule has 2 atom stereocenters. The van der Waals surface area contributed by atoms with Crippen LogP contribution in [-0.2, 0) is 4.79 Å². The molecule has 38 heavy (non-hydrogen) atoms. The summed E-state index contributed by atoms with van der Waals surface area (Å²) in [6.07, 6.45) is 18.0. The van der Waals surface area contributed by atoms with Crippen LogP contribution >= 0.6 is 0 Å². The number of hydrogen-bond acceptors (Lipinski definition) is 3. The molecule has 0 bridgehead atoms. The lowest BCUT2D eigenvalue weighted by atomic mass is 10.0. The molecule has 4 heteroatoms. The molecule has 0 aromatic heterocycles. The van der Waals surface area contributed by atoms with Gasteiger partial charge in [-0.15, -0.1) is 0 Å². The second-order valence-corrected chi connectivity index (χ2v) is 10.7. The number of halogens is 1. The predicted molar refractivity (Wildman–Crippen MR) is 158 cm³/mol. The van der Waals surface area contributed by atoms with Gasteiger partial charge in [-0.1, -0.05) is 135 Å². The fourth-order valence-electron chi connectivity index (χ4n) is 4.56. The quantitative estimate of drug-likeness (QED) is 0.0922. The summed E-state index contributed by atoms with van der Waals surface area (Å²) < 4.78 is 25.2. The Morgan fingerprint density at radius 1 is 0.658 bits per heavy atom. The number of benzene rings is 2. The van der Waals surface area contributed by atoms with Gasteiger partial charge in [0.2, 0.25) is 0 Å². The number of unbranched alkanes of at least 4 members (excludes halogenated alkanes) is 13. The van der Waals surface area contributed by atoms with Gasteiger partial charge >= 0.3 is 5.97 Å². The third kappa shape index (κ3) is 12.9. The summed E-state index contributed by atoms with van der Waals surface area (Å²) in [6.45, 7) is 6.60. The van der Waals surface area contributed by atoms with Crippen LogP contribution in [0.2, 0.25) is 0 Å². The molecule has 0 heterocycles. The largest absolute Gasteiger partial charge is 0.494 e. The minimum atomic E-state index is -1.60. The fraction of sp³-hybridized carbons (Fsp3) is 0.618. The number of rotatable bonds is 21. The molecule has 2 unspecified atom stereocenters. The summed E-state index contributed by atoms with van der Waals surface area (Å²) in [4.78, 5) is 11.9. The van der Waals surface area contributed by atoms with E-state index in [-0.39, 0.29) is 5.92 Å². The highest BCUT2D eigenvalue weighted by Crippen LogP contribution is 2.25. The third-order valence-electron chi connectivity index (χ3n) is 7.40. The molecule has 2 rings (SSSR count). The Kier molecular flexibility index (Phi) is 16.5. The van der Waals surface area contributed by atoms with E-state index in [1.165, 1.54) is 83.5 Å². The minimum Gasteiger partial charge on any atom is -0.494 e. The van der Waals surface area contributed by atoms with Gasteiger partial charge in [-0.3, -0.25) is 0 Å². The van der Waals surface area contributed by atoms with Crippen molar-refractivity contribution < 1.29 is 18.7 Å². The summed E-state index contributed by atoms with van der Waals surface area (Å²) in [5, 5.41) is 0. The Balaban J connectivity index is 1.55. The van der Waals surface area contributed by atoms with Crippen LogP contribution in [0.5, 0.6) is 11.5 Å². The van der Waals surface area contributed by atoms with Crippen LogP contribution in [0.25, 0.3) is 11.1 Å². The molecule has 0 radical (unpaired) electrons. The van der Waals surface area contributed by atoms with Crippen molar-refractivity contribution in [2.45, 2.75) is 123 Å². The Morgan fingerprint density at radius 3 is 1.53 bits per heavy atom. The molecule has 212 valence electrons. The molecule has 0 saturated heterocycles. The van der Waals surface area contributed by atoms with E-state index in [0.717, 1.165) is 29.9 Å². The molecule has 0 amide bonds. The maximum absolute atomic E-state index is 14.0. The van der Waals surface area contributed by atoms with Crippen LogP contribution < -0.4 is 9.47 Å². The van der Waals surface area contributed by atoms with Crippen LogP contribution in [0.15, 0.2) is 48.5 Å². The van der Waals surface area contributed by atoms with Crippen molar-refractivity contribution in [2.75, 3.05) is 6.61 Å². The van der Waals surface area contributed by atoms with Gasteiger partial charge in [0.15, 0.2) is 6.17 Å². The van der Waals surface area contributed by atoms with Gasteiger partial charge in [-0.05, 0) is 47.7 Å². The lowest BCUT2D eigenvalue weighted by Crippen LogP contribution is -2.27. The minimum absolute atomic E-state index is 0.350. The number of ether oxygens (including phenoxy) is 2. The van der Waals surface area contributed by atoms with E-state index in [4.69, 9.17) is 9.47 Å². The zero-order chi connectivity index (χ0) is 27.4. The van der Waals surface area contributed by atoms with E-state index in [9.17, 15) is 9.18 Å². The molecule has 0 aliphatic heterocycles. The van der Waals surface area contributed by atoms with Gasteiger partial charge in [0.1, 0.15) is 11.5 Å². The fourth-order valence-corrected chi connectivity index (χ4v) is 4.56. The molecule has 0 fully saturated rings. The maximum Gasteiger partial charge on any atom is 0.346 e. The Hall–Kier alpha value is -2.36. The van der Waals surface area contributed by atoms with Crippen LogP contribution in [0, 0.1) is 5.92 Å². The van der Waals surface area contributed by atoms with Crippen LogP contribution in [0.3, 0.4) is 0 Å². The second-order valence-electron chi connectivity index (χ2n) is 10.7. The van der Waals surface area contributed by atoms with Gasteiger partial charge in [-0.2, -0.15) is 0 Å². The van der Waals surface area contributed by atoms with Crippen molar-refractivity contribution in [2.24, 2.45) is 5.92 Å². The Labute approximate surface area is 231 Å². The highest BCUT2D eigenvalue weighted by molar-refractivity contribution is 5.77. The zero-order valence-corrected chi connectivity index (χ0v) is 24.2. The van der Waals surface area contributed by atoms with Crippen LogP contribution in [0.4, 0.5) is 4.39 Å². The molecule has 0 aliphatic carbocycles. The number of alkyl halides is 1. The highest BCUT2D eigenvalue weighted by atomic mass is 19.1. The van der Waals surface area contributed by atoms with E-state index in [2.05, 4.69) is 6.92 Å². The first-order valence-electron chi connectivity index (χ1n) is 15.2. The summed E-state index contributed by atoms with van der Waals surface area (Å²) in [7, 11) is 0. The summed E-state index contributed by atoms with van der Waals surface area (Å²) in [6, 6.07) is 15.2. The lowest BCUT2D eigenvalue weighted by Gasteiger charge is -2.13. The molecule has 0 N–H and O–H groups in total.